The fourth-order valence-corrected chi connectivity index (χ4v) is 2.40. The molecule has 1 atom stereocenters. The van der Waals surface area contributed by atoms with E-state index in [-0.39, 0.29) is 6.04 Å². The Morgan fingerprint density at radius 3 is 2.71 bits per heavy atom. The molecule has 14 heavy (non-hydrogen) atoms. The van der Waals surface area contributed by atoms with Crippen molar-refractivity contribution in [1.82, 2.24) is 9.55 Å². The summed E-state index contributed by atoms with van der Waals surface area (Å²) in [6.07, 6.45) is 10.4. The van der Waals surface area contributed by atoms with Crippen molar-refractivity contribution in [2.75, 3.05) is 0 Å². The van der Waals surface area contributed by atoms with Gasteiger partial charge >= 0.3 is 0 Å². The number of hydrogen-bond donors (Lipinski definition) is 1. The Hall–Kier alpha value is -0.830. The summed E-state index contributed by atoms with van der Waals surface area (Å²) in [6.45, 7) is 0. The van der Waals surface area contributed by atoms with Gasteiger partial charge in [0.1, 0.15) is 5.82 Å². The van der Waals surface area contributed by atoms with Crippen LogP contribution in [0.5, 0.6) is 0 Å². The second-order valence-electron chi connectivity index (χ2n) is 4.32. The lowest BCUT2D eigenvalue weighted by atomic mass is 9.84. The van der Waals surface area contributed by atoms with Crippen molar-refractivity contribution >= 4 is 0 Å². The first kappa shape index (κ1) is 9.71. The third-order valence-corrected chi connectivity index (χ3v) is 3.31. The van der Waals surface area contributed by atoms with Gasteiger partial charge < -0.3 is 10.3 Å². The van der Waals surface area contributed by atoms with Crippen LogP contribution in [0.25, 0.3) is 0 Å². The van der Waals surface area contributed by atoms with E-state index in [1.54, 1.807) is 0 Å². The molecule has 1 fully saturated rings. The second-order valence-corrected chi connectivity index (χ2v) is 4.32. The van der Waals surface area contributed by atoms with Crippen LogP contribution in [0.2, 0.25) is 0 Å². The molecule has 0 aliphatic heterocycles. The molecule has 1 heterocycles. The van der Waals surface area contributed by atoms with Crippen molar-refractivity contribution in [3.05, 3.63) is 18.2 Å². The molecule has 0 aromatic carbocycles. The largest absolute Gasteiger partial charge is 0.337 e. The quantitative estimate of drug-likeness (QED) is 0.780. The van der Waals surface area contributed by atoms with Gasteiger partial charge in [-0.05, 0) is 18.8 Å². The first-order valence-electron chi connectivity index (χ1n) is 5.52. The molecule has 1 unspecified atom stereocenters. The Balaban J connectivity index is 2.07. The number of nitrogens with two attached hydrogens (primary N) is 1. The molecule has 2 N–H and O–H groups in total. The van der Waals surface area contributed by atoms with Gasteiger partial charge in [0, 0.05) is 19.4 Å². The maximum Gasteiger partial charge on any atom is 0.125 e. The second kappa shape index (κ2) is 4.13. The van der Waals surface area contributed by atoms with Crippen molar-refractivity contribution < 1.29 is 0 Å². The van der Waals surface area contributed by atoms with Crippen molar-refractivity contribution in [2.24, 2.45) is 18.7 Å². The molecular formula is C11H19N3. The molecule has 0 amide bonds. The Labute approximate surface area is 85.3 Å². The monoisotopic (exact) mass is 193 g/mol. The van der Waals surface area contributed by atoms with Gasteiger partial charge in [-0.2, -0.15) is 0 Å². The number of aryl methyl sites for hydroxylation is 1. The first-order valence-corrected chi connectivity index (χ1v) is 5.52. The zero-order valence-corrected chi connectivity index (χ0v) is 8.82. The number of imidazole rings is 1. The SMILES string of the molecule is Cn1ccnc1C(N)C1CCCCC1. The standard InChI is InChI=1S/C11H19N3/c1-14-8-7-13-11(14)10(12)9-5-3-2-4-6-9/h7-10H,2-6,12H2,1H3. The van der Waals surface area contributed by atoms with Crippen molar-refractivity contribution in [3.63, 3.8) is 0 Å². The lowest BCUT2D eigenvalue weighted by Crippen LogP contribution is -2.26. The molecular weight excluding hydrogens is 174 g/mol. The maximum atomic E-state index is 6.23. The van der Waals surface area contributed by atoms with Crippen LogP contribution >= 0.6 is 0 Å². The average Bonchev–Trinajstić information content (AvgIpc) is 2.65. The highest BCUT2D eigenvalue weighted by molar-refractivity contribution is 5.00. The molecule has 78 valence electrons. The summed E-state index contributed by atoms with van der Waals surface area (Å²) in [4.78, 5) is 4.33. The van der Waals surface area contributed by atoms with E-state index in [9.17, 15) is 0 Å². The molecule has 1 saturated carbocycles. The number of rotatable bonds is 2. The predicted octanol–water partition coefficient (Wildman–Crippen LogP) is 2.00. The highest BCUT2D eigenvalue weighted by Crippen LogP contribution is 2.31. The molecule has 3 nitrogen and oxygen atoms in total. The fraction of sp³-hybridized carbons (Fsp3) is 0.727. The van der Waals surface area contributed by atoms with E-state index in [4.69, 9.17) is 5.73 Å². The third-order valence-electron chi connectivity index (χ3n) is 3.31. The molecule has 1 aliphatic carbocycles. The van der Waals surface area contributed by atoms with Crippen molar-refractivity contribution in [2.45, 2.75) is 38.1 Å². The van der Waals surface area contributed by atoms with Crippen LogP contribution in [0.3, 0.4) is 0 Å². The smallest absolute Gasteiger partial charge is 0.125 e. The predicted molar refractivity (Wildman–Crippen MR) is 56.7 cm³/mol. The summed E-state index contributed by atoms with van der Waals surface area (Å²) in [5.74, 6) is 1.68. The molecule has 0 radical (unpaired) electrons. The van der Waals surface area contributed by atoms with E-state index >= 15 is 0 Å². The van der Waals surface area contributed by atoms with Crippen LogP contribution < -0.4 is 5.73 Å². The molecule has 1 aromatic rings. The van der Waals surface area contributed by atoms with Gasteiger partial charge in [-0.1, -0.05) is 19.3 Å². The van der Waals surface area contributed by atoms with E-state index in [1.165, 1.54) is 32.1 Å². The van der Waals surface area contributed by atoms with Crippen LogP contribution in [-0.4, -0.2) is 9.55 Å². The summed E-state index contributed by atoms with van der Waals surface area (Å²) < 4.78 is 2.04. The van der Waals surface area contributed by atoms with Gasteiger partial charge in [0.25, 0.3) is 0 Å². The van der Waals surface area contributed by atoms with Crippen molar-refractivity contribution in [1.29, 1.82) is 0 Å². The Bertz CT molecular complexity index is 286. The number of hydrogen-bond acceptors (Lipinski definition) is 2. The average molecular weight is 193 g/mol. The first-order chi connectivity index (χ1) is 6.79. The molecule has 3 heteroatoms. The van der Waals surface area contributed by atoms with E-state index in [1.807, 2.05) is 24.0 Å². The van der Waals surface area contributed by atoms with Gasteiger partial charge in [0.2, 0.25) is 0 Å². The lowest BCUT2D eigenvalue weighted by molar-refractivity contribution is 0.298. The van der Waals surface area contributed by atoms with Crippen LogP contribution in [0.4, 0.5) is 0 Å². The highest BCUT2D eigenvalue weighted by Gasteiger charge is 2.24. The van der Waals surface area contributed by atoms with Crippen molar-refractivity contribution in [3.8, 4) is 0 Å². The van der Waals surface area contributed by atoms with E-state index in [0.29, 0.717) is 5.92 Å². The Morgan fingerprint density at radius 2 is 2.14 bits per heavy atom. The summed E-state index contributed by atoms with van der Waals surface area (Å²) in [7, 11) is 2.02. The van der Waals surface area contributed by atoms with Gasteiger partial charge in [-0.15, -0.1) is 0 Å². The topological polar surface area (TPSA) is 43.8 Å². The maximum absolute atomic E-state index is 6.23. The third kappa shape index (κ3) is 1.82. The normalized spacial score (nSPS) is 21.0. The van der Waals surface area contributed by atoms with E-state index in [0.717, 1.165) is 5.82 Å². The van der Waals surface area contributed by atoms with Crippen LogP contribution in [0, 0.1) is 5.92 Å². The fourth-order valence-electron chi connectivity index (χ4n) is 2.40. The minimum atomic E-state index is 0.135. The van der Waals surface area contributed by atoms with Crippen LogP contribution in [0.15, 0.2) is 12.4 Å². The van der Waals surface area contributed by atoms with Gasteiger partial charge in [-0.25, -0.2) is 4.98 Å². The number of nitrogens with zero attached hydrogens (tertiary/aromatic N) is 2. The summed E-state index contributed by atoms with van der Waals surface area (Å²) >= 11 is 0. The molecule has 1 aliphatic rings. The van der Waals surface area contributed by atoms with Crippen LogP contribution in [-0.2, 0) is 7.05 Å². The molecule has 0 spiro atoms. The summed E-state index contributed by atoms with van der Waals surface area (Å²) in [5.41, 5.74) is 6.23. The van der Waals surface area contributed by atoms with Gasteiger partial charge in [0.05, 0.1) is 6.04 Å². The van der Waals surface area contributed by atoms with E-state index in [2.05, 4.69) is 4.98 Å². The minimum absolute atomic E-state index is 0.135. The summed E-state index contributed by atoms with van der Waals surface area (Å²) in [6, 6.07) is 0.135. The summed E-state index contributed by atoms with van der Waals surface area (Å²) in [5, 5.41) is 0. The van der Waals surface area contributed by atoms with Gasteiger partial charge in [0.15, 0.2) is 0 Å². The Morgan fingerprint density at radius 1 is 1.43 bits per heavy atom. The number of aromatic nitrogens is 2. The zero-order valence-electron chi connectivity index (χ0n) is 8.82. The van der Waals surface area contributed by atoms with Crippen LogP contribution in [0.1, 0.15) is 44.0 Å². The lowest BCUT2D eigenvalue weighted by Gasteiger charge is -2.26. The molecule has 1 aromatic heterocycles. The Kier molecular flexibility index (Phi) is 2.87. The minimum Gasteiger partial charge on any atom is -0.337 e. The molecule has 0 saturated heterocycles. The molecule has 2 rings (SSSR count). The zero-order chi connectivity index (χ0) is 9.97. The van der Waals surface area contributed by atoms with E-state index < -0.39 is 0 Å². The van der Waals surface area contributed by atoms with Gasteiger partial charge in [-0.3, -0.25) is 0 Å². The highest BCUT2D eigenvalue weighted by atomic mass is 15.1. The molecule has 0 bridgehead atoms.